The highest BCUT2D eigenvalue weighted by Gasteiger charge is 2.23. The fourth-order valence-electron chi connectivity index (χ4n) is 4.15. The molecule has 1 amide bonds. The van der Waals surface area contributed by atoms with Crippen molar-refractivity contribution in [3.05, 3.63) is 63.5 Å². The molecule has 1 fully saturated rings. The van der Waals surface area contributed by atoms with E-state index in [2.05, 4.69) is 15.5 Å². The smallest absolute Gasteiger partial charge is 0.290 e. The quantitative estimate of drug-likeness (QED) is 0.493. The van der Waals surface area contributed by atoms with Crippen molar-refractivity contribution in [3.63, 3.8) is 0 Å². The molecule has 2 aromatic heterocycles. The van der Waals surface area contributed by atoms with Crippen molar-refractivity contribution in [1.82, 2.24) is 19.8 Å². The zero-order valence-electron chi connectivity index (χ0n) is 20.5. The molecule has 198 valence electrons. The molecular formula is C24H27F3N6O4. The highest BCUT2D eigenvalue weighted by Crippen LogP contribution is 2.30. The van der Waals surface area contributed by atoms with Gasteiger partial charge in [0.05, 0.1) is 30.4 Å². The van der Waals surface area contributed by atoms with Crippen LogP contribution in [0, 0.1) is 12.7 Å². The highest BCUT2D eigenvalue weighted by atomic mass is 19.3. The van der Waals surface area contributed by atoms with Crippen LogP contribution in [-0.4, -0.2) is 63.4 Å². The lowest BCUT2D eigenvalue weighted by molar-refractivity contribution is -0.129. The number of benzene rings is 1. The maximum absolute atomic E-state index is 14.7. The topological polar surface area (TPSA) is 121 Å². The van der Waals surface area contributed by atoms with Crippen LogP contribution >= 0.6 is 0 Å². The zero-order chi connectivity index (χ0) is 27.3. The van der Waals surface area contributed by atoms with Crippen molar-refractivity contribution in [2.75, 3.05) is 36.5 Å². The molecule has 0 spiro atoms. The van der Waals surface area contributed by atoms with E-state index in [-0.39, 0.29) is 23.5 Å². The third-order valence-electron chi connectivity index (χ3n) is 6.10. The molecule has 3 heterocycles. The van der Waals surface area contributed by atoms with Gasteiger partial charge < -0.3 is 20.3 Å². The van der Waals surface area contributed by atoms with Crippen molar-refractivity contribution >= 4 is 29.0 Å². The number of alkyl halides is 2. The molecule has 10 nitrogen and oxygen atoms in total. The first-order valence-electron chi connectivity index (χ1n) is 11.4. The van der Waals surface area contributed by atoms with Gasteiger partial charge in [0.15, 0.2) is 5.82 Å². The van der Waals surface area contributed by atoms with Gasteiger partial charge in [0.1, 0.15) is 5.82 Å². The summed E-state index contributed by atoms with van der Waals surface area (Å²) in [5.41, 5.74) is -0.300. The van der Waals surface area contributed by atoms with Gasteiger partial charge in [-0.3, -0.25) is 14.4 Å². The van der Waals surface area contributed by atoms with Crippen LogP contribution in [0.25, 0.3) is 10.8 Å². The first-order valence-corrected chi connectivity index (χ1v) is 11.4. The second-order valence-corrected chi connectivity index (χ2v) is 8.40. The molecule has 37 heavy (non-hydrogen) atoms. The van der Waals surface area contributed by atoms with Crippen molar-refractivity contribution in [3.8, 4) is 0 Å². The maximum Gasteiger partial charge on any atom is 0.290 e. The third kappa shape index (κ3) is 5.98. The Morgan fingerprint density at radius 2 is 1.76 bits per heavy atom. The Kier molecular flexibility index (Phi) is 8.69. The van der Waals surface area contributed by atoms with Crippen LogP contribution in [0.5, 0.6) is 0 Å². The number of amides is 1. The van der Waals surface area contributed by atoms with Crippen LogP contribution in [0.4, 0.5) is 19.0 Å². The number of rotatable bonds is 5. The van der Waals surface area contributed by atoms with Gasteiger partial charge in [0, 0.05) is 48.6 Å². The molecular weight excluding hydrogens is 493 g/mol. The number of carbonyl (C=O) groups excluding carboxylic acids is 1. The lowest BCUT2D eigenvalue weighted by Gasteiger charge is -2.36. The van der Waals surface area contributed by atoms with E-state index < -0.39 is 23.8 Å². The number of aryl methyl sites for hydroxylation is 1. The summed E-state index contributed by atoms with van der Waals surface area (Å²) in [7, 11) is 0. The SMILES string of the molecule is CC(=O)N1CCN(n2cc3c(N[C@H](C)c4cccc(C(F)F)c4F)nnc(C)c3cc2=O)CC1.O=CO. The summed E-state index contributed by atoms with van der Waals surface area (Å²) in [6.07, 6.45) is -1.28. The number of aromatic nitrogens is 3. The Balaban J connectivity index is 0.00000121. The summed E-state index contributed by atoms with van der Waals surface area (Å²) in [6, 6.07) is 4.65. The first kappa shape index (κ1) is 27.4. The molecule has 4 rings (SSSR count). The fourth-order valence-corrected chi connectivity index (χ4v) is 4.15. The average Bonchev–Trinajstić information content (AvgIpc) is 2.86. The minimum Gasteiger partial charge on any atom is -0.483 e. The van der Waals surface area contributed by atoms with Gasteiger partial charge in [-0.2, -0.15) is 5.10 Å². The van der Waals surface area contributed by atoms with Crippen LogP contribution in [0.15, 0.2) is 35.3 Å². The van der Waals surface area contributed by atoms with Crippen LogP contribution < -0.4 is 15.9 Å². The summed E-state index contributed by atoms with van der Waals surface area (Å²) >= 11 is 0. The van der Waals surface area contributed by atoms with E-state index in [4.69, 9.17) is 9.90 Å². The van der Waals surface area contributed by atoms with Crippen LogP contribution in [0.3, 0.4) is 0 Å². The van der Waals surface area contributed by atoms with Gasteiger partial charge in [0.2, 0.25) is 5.91 Å². The largest absolute Gasteiger partial charge is 0.483 e. The molecule has 1 aliphatic rings. The second kappa shape index (κ2) is 11.7. The molecule has 0 unspecified atom stereocenters. The first-order chi connectivity index (χ1) is 17.6. The number of hydrogen-bond donors (Lipinski definition) is 2. The monoisotopic (exact) mass is 520 g/mol. The number of anilines is 1. The van der Waals surface area contributed by atoms with Gasteiger partial charge in [-0.15, -0.1) is 5.10 Å². The standard InChI is InChI=1S/C23H25F3N6O2.CH2O2/c1-13(16-5-4-6-17(21(16)24)22(25)26)27-23-19-12-32(20(34)11-18(19)14(2)28-29-23)31-9-7-30(8-10-31)15(3)33;2-1-3/h4-6,11-13,22H,7-10H2,1-3H3,(H,27,29);1H,(H,2,3)/t13-;/m1./s1. The third-order valence-corrected chi connectivity index (χ3v) is 6.10. The van der Waals surface area contributed by atoms with Gasteiger partial charge >= 0.3 is 0 Å². The number of carbonyl (C=O) groups is 2. The van der Waals surface area contributed by atoms with E-state index in [1.165, 1.54) is 29.8 Å². The lowest BCUT2D eigenvalue weighted by Crippen LogP contribution is -2.54. The lowest BCUT2D eigenvalue weighted by atomic mass is 10.0. The number of halogens is 3. The molecule has 0 bridgehead atoms. The molecule has 1 saturated heterocycles. The maximum atomic E-state index is 14.7. The van der Waals surface area contributed by atoms with Gasteiger partial charge in [-0.25, -0.2) is 17.8 Å². The normalized spacial score (nSPS) is 14.2. The zero-order valence-corrected chi connectivity index (χ0v) is 20.5. The number of carboxylic acid groups (broad SMARTS) is 1. The predicted octanol–water partition coefficient (Wildman–Crippen LogP) is 2.85. The molecule has 1 aromatic carbocycles. The van der Waals surface area contributed by atoms with Gasteiger partial charge in [-0.05, 0) is 13.8 Å². The fraction of sp³-hybridized carbons (Fsp3) is 0.375. The number of fused-ring (bicyclic) bond motifs is 1. The second-order valence-electron chi connectivity index (χ2n) is 8.40. The van der Waals surface area contributed by atoms with Gasteiger partial charge in [0.25, 0.3) is 18.5 Å². The molecule has 3 aromatic rings. The molecule has 0 aliphatic carbocycles. The average molecular weight is 521 g/mol. The van der Waals surface area contributed by atoms with E-state index >= 15 is 0 Å². The van der Waals surface area contributed by atoms with E-state index in [9.17, 15) is 22.8 Å². The summed E-state index contributed by atoms with van der Waals surface area (Å²) in [5, 5.41) is 21.2. The Bertz CT molecular complexity index is 1340. The molecule has 0 radical (unpaired) electrons. The Hall–Kier alpha value is -4.16. The summed E-state index contributed by atoms with van der Waals surface area (Å²) in [5.74, 6) is -0.687. The molecule has 0 saturated carbocycles. The summed E-state index contributed by atoms with van der Waals surface area (Å²) in [4.78, 5) is 34.5. The Morgan fingerprint density at radius 1 is 1.14 bits per heavy atom. The van der Waals surface area contributed by atoms with E-state index in [0.29, 0.717) is 48.5 Å². The van der Waals surface area contributed by atoms with E-state index in [0.717, 1.165) is 6.07 Å². The number of pyridine rings is 1. The number of nitrogens with one attached hydrogen (secondary N) is 1. The van der Waals surface area contributed by atoms with E-state index in [1.807, 2.05) is 5.01 Å². The molecule has 13 heteroatoms. The van der Waals surface area contributed by atoms with E-state index in [1.54, 1.807) is 24.9 Å². The van der Waals surface area contributed by atoms with Crippen LogP contribution in [0.1, 0.15) is 43.1 Å². The van der Waals surface area contributed by atoms with Crippen molar-refractivity contribution < 1.29 is 27.9 Å². The number of hydrogen-bond acceptors (Lipinski definition) is 7. The molecule has 2 N–H and O–H groups in total. The van der Waals surface area contributed by atoms with Crippen LogP contribution in [0.2, 0.25) is 0 Å². The van der Waals surface area contributed by atoms with Crippen molar-refractivity contribution in [1.29, 1.82) is 0 Å². The highest BCUT2D eigenvalue weighted by molar-refractivity contribution is 5.92. The summed E-state index contributed by atoms with van der Waals surface area (Å²) in [6.45, 7) is 6.57. The van der Waals surface area contributed by atoms with Crippen molar-refractivity contribution in [2.24, 2.45) is 0 Å². The molecule has 1 aliphatic heterocycles. The number of piperazine rings is 1. The van der Waals surface area contributed by atoms with Crippen LogP contribution in [-0.2, 0) is 9.59 Å². The van der Waals surface area contributed by atoms with Crippen molar-refractivity contribution in [2.45, 2.75) is 33.2 Å². The minimum absolute atomic E-state index is 0.0139. The number of nitrogens with zero attached hydrogens (tertiary/aromatic N) is 5. The Labute approximate surface area is 210 Å². The molecule has 1 atom stereocenters. The predicted molar refractivity (Wildman–Crippen MR) is 131 cm³/mol. The minimum atomic E-state index is -2.93. The van der Waals surface area contributed by atoms with Gasteiger partial charge in [-0.1, -0.05) is 18.2 Å². The summed E-state index contributed by atoms with van der Waals surface area (Å²) < 4.78 is 42.4. The Morgan fingerprint density at radius 3 is 2.35 bits per heavy atom.